The fraction of sp³-hybridized carbons (Fsp3) is 0.533. The molecule has 20 heavy (non-hydrogen) atoms. The molecule has 0 bridgehead atoms. The fourth-order valence-corrected chi connectivity index (χ4v) is 2.76. The summed E-state index contributed by atoms with van der Waals surface area (Å²) in [7, 11) is 0. The van der Waals surface area contributed by atoms with Crippen LogP contribution < -0.4 is 11.1 Å². The lowest BCUT2D eigenvalue weighted by atomic mass is 9.74. The summed E-state index contributed by atoms with van der Waals surface area (Å²) in [5, 5.41) is 3.66. The average molecular weight is 297 g/mol. The Kier molecular flexibility index (Phi) is 5.02. The topological polar surface area (TPSA) is 64.4 Å². The van der Waals surface area contributed by atoms with Gasteiger partial charge in [0.2, 0.25) is 5.91 Å². The van der Waals surface area contributed by atoms with Crippen molar-refractivity contribution in [3.63, 3.8) is 0 Å². The first-order valence-corrected chi connectivity index (χ1v) is 7.28. The molecule has 5 heteroatoms. The van der Waals surface area contributed by atoms with Crippen molar-refractivity contribution >= 4 is 17.5 Å². The molecule has 110 valence electrons. The van der Waals surface area contributed by atoms with Gasteiger partial charge in [0.05, 0.1) is 6.04 Å². The first-order chi connectivity index (χ1) is 9.53. The number of halogens is 1. The summed E-state index contributed by atoms with van der Waals surface area (Å²) in [6.45, 7) is 3.64. The predicted molar refractivity (Wildman–Crippen MR) is 79.8 cm³/mol. The highest BCUT2D eigenvalue weighted by atomic mass is 35.5. The number of carbonyl (C=O) groups is 1. The van der Waals surface area contributed by atoms with Crippen LogP contribution in [0.5, 0.6) is 0 Å². The summed E-state index contributed by atoms with van der Waals surface area (Å²) in [6, 6.07) is 7.35. The molecule has 1 aliphatic rings. The van der Waals surface area contributed by atoms with E-state index in [2.05, 4.69) is 11.4 Å². The van der Waals surface area contributed by atoms with E-state index in [0.29, 0.717) is 24.8 Å². The van der Waals surface area contributed by atoms with Crippen molar-refractivity contribution in [2.45, 2.75) is 31.2 Å². The second-order valence-corrected chi connectivity index (χ2v) is 5.85. The molecule has 0 aliphatic carbocycles. The highest BCUT2D eigenvalue weighted by molar-refractivity contribution is 6.30. The lowest BCUT2D eigenvalue weighted by molar-refractivity contribution is -0.122. The molecule has 0 spiro atoms. The van der Waals surface area contributed by atoms with Crippen LogP contribution in [-0.2, 0) is 14.9 Å². The minimum absolute atomic E-state index is 0.117. The van der Waals surface area contributed by atoms with E-state index in [9.17, 15) is 4.79 Å². The molecule has 3 N–H and O–H groups in total. The van der Waals surface area contributed by atoms with Gasteiger partial charge < -0.3 is 15.8 Å². The predicted octanol–water partition coefficient (Wildman–Crippen LogP) is 1.85. The van der Waals surface area contributed by atoms with Gasteiger partial charge in [-0.3, -0.25) is 4.79 Å². The second kappa shape index (κ2) is 6.57. The number of nitrogens with one attached hydrogen (secondary N) is 1. The molecule has 0 unspecified atom stereocenters. The zero-order valence-corrected chi connectivity index (χ0v) is 12.5. The van der Waals surface area contributed by atoms with E-state index in [1.165, 1.54) is 0 Å². The number of ether oxygens (including phenoxy) is 1. The molecule has 1 aromatic rings. The van der Waals surface area contributed by atoms with Crippen molar-refractivity contribution in [3.8, 4) is 0 Å². The Morgan fingerprint density at radius 1 is 1.50 bits per heavy atom. The van der Waals surface area contributed by atoms with Crippen molar-refractivity contribution < 1.29 is 9.53 Å². The fourth-order valence-electron chi connectivity index (χ4n) is 2.57. The Morgan fingerprint density at radius 2 is 2.20 bits per heavy atom. The number of rotatable bonds is 4. The third-order valence-electron chi connectivity index (χ3n) is 3.90. The summed E-state index contributed by atoms with van der Waals surface area (Å²) >= 11 is 6.10. The van der Waals surface area contributed by atoms with E-state index >= 15 is 0 Å². The Labute approximate surface area is 124 Å². The van der Waals surface area contributed by atoms with Gasteiger partial charge >= 0.3 is 0 Å². The maximum Gasteiger partial charge on any atom is 0.236 e. The Balaban J connectivity index is 2.19. The zero-order chi connectivity index (χ0) is 14.6. The van der Waals surface area contributed by atoms with Crippen LogP contribution in [0.25, 0.3) is 0 Å². The Hall–Kier alpha value is -1.10. The van der Waals surface area contributed by atoms with Gasteiger partial charge in [-0.1, -0.05) is 23.7 Å². The van der Waals surface area contributed by atoms with Gasteiger partial charge in [0.25, 0.3) is 0 Å². The van der Waals surface area contributed by atoms with Crippen LogP contribution in [0.15, 0.2) is 24.3 Å². The van der Waals surface area contributed by atoms with Crippen molar-refractivity contribution in [3.05, 3.63) is 34.9 Å². The van der Waals surface area contributed by atoms with Crippen LogP contribution in [0.1, 0.15) is 25.3 Å². The molecule has 2 rings (SSSR count). The molecule has 1 fully saturated rings. The number of nitrogens with two attached hydrogens (primary N) is 1. The van der Waals surface area contributed by atoms with Crippen molar-refractivity contribution in [2.24, 2.45) is 5.73 Å². The quantitative estimate of drug-likeness (QED) is 0.891. The molecule has 0 saturated carbocycles. The number of benzene rings is 1. The van der Waals surface area contributed by atoms with E-state index < -0.39 is 6.04 Å². The van der Waals surface area contributed by atoms with E-state index in [1.807, 2.05) is 18.2 Å². The van der Waals surface area contributed by atoms with Gasteiger partial charge in [0.15, 0.2) is 0 Å². The minimum atomic E-state index is -0.494. The van der Waals surface area contributed by atoms with Crippen LogP contribution in [-0.4, -0.2) is 31.7 Å². The molecule has 1 saturated heterocycles. The summed E-state index contributed by atoms with van der Waals surface area (Å²) < 4.78 is 5.46. The first kappa shape index (κ1) is 15.3. The van der Waals surface area contributed by atoms with Crippen LogP contribution >= 0.6 is 11.6 Å². The maximum absolute atomic E-state index is 11.7. The largest absolute Gasteiger partial charge is 0.381 e. The van der Waals surface area contributed by atoms with Crippen LogP contribution in [0.2, 0.25) is 5.02 Å². The van der Waals surface area contributed by atoms with Crippen molar-refractivity contribution in [1.29, 1.82) is 0 Å². The summed E-state index contributed by atoms with van der Waals surface area (Å²) in [4.78, 5) is 11.7. The second-order valence-electron chi connectivity index (χ2n) is 5.41. The number of hydrogen-bond acceptors (Lipinski definition) is 3. The maximum atomic E-state index is 11.7. The molecule has 1 heterocycles. The molecular weight excluding hydrogens is 276 g/mol. The molecule has 1 amide bonds. The summed E-state index contributed by atoms with van der Waals surface area (Å²) in [6.07, 6.45) is 1.74. The highest BCUT2D eigenvalue weighted by Crippen LogP contribution is 2.35. The van der Waals surface area contributed by atoms with E-state index in [0.717, 1.165) is 18.4 Å². The monoisotopic (exact) mass is 296 g/mol. The molecule has 0 aromatic heterocycles. The van der Waals surface area contributed by atoms with E-state index in [-0.39, 0.29) is 11.3 Å². The Morgan fingerprint density at radius 3 is 2.80 bits per heavy atom. The van der Waals surface area contributed by atoms with Crippen molar-refractivity contribution in [1.82, 2.24) is 5.32 Å². The first-order valence-electron chi connectivity index (χ1n) is 6.91. The van der Waals surface area contributed by atoms with Crippen LogP contribution in [0, 0.1) is 0 Å². The lowest BCUT2D eigenvalue weighted by Gasteiger charge is -2.38. The molecule has 1 aromatic carbocycles. The third-order valence-corrected chi connectivity index (χ3v) is 4.14. The van der Waals surface area contributed by atoms with Gasteiger partial charge in [-0.05, 0) is 37.5 Å². The standard InChI is InChI=1S/C15H21ClN2O2/c1-11(17)14(19)18-10-15(5-7-20-8-6-15)12-3-2-4-13(16)9-12/h2-4,9,11H,5-8,10,17H2,1H3,(H,18,19)/t11-/m1/s1. The Bertz CT molecular complexity index is 471. The SMILES string of the molecule is C[C@@H](N)C(=O)NCC1(c2cccc(Cl)c2)CCOCC1. The van der Waals surface area contributed by atoms with Crippen LogP contribution in [0.4, 0.5) is 0 Å². The van der Waals surface area contributed by atoms with Gasteiger partial charge in [-0.15, -0.1) is 0 Å². The molecule has 0 radical (unpaired) electrons. The number of carbonyl (C=O) groups excluding carboxylic acids is 1. The van der Waals surface area contributed by atoms with Gasteiger partial charge in [0.1, 0.15) is 0 Å². The molecule has 4 nitrogen and oxygen atoms in total. The third kappa shape index (κ3) is 3.51. The zero-order valence-electron chi connectivity index (χ0n) is 11.7. The molecule has 1 aliphatic heterocycles. The molecular formula is C15H21ClN2O2. The van der Waals surface area contributed by atoms with Gasteiger partial charge in [-0.25, -0.2) is 0 Å². The van der Waals surface area contributed by atoms with Gasteiger partial charge in [0, 0.05) is 30.2 Å². The smallest absolute Gasteiger partial charge is 0.236 e. The summed E-state index contributed by atoms with van der Waals surface area (Å²) in [5.74, 6) is -0.127. The molecule has 1 atom stereocenters. The van der Waals surface area contributed by atoms with Crippen molar-refractivity contribution in [2.75, 3.05) is 19.8 Å². The normalized spacial score (nSPS) is 19.4. The van der Waals surface area contributed by atoms with E-state index in [1.54, 1.807) is 6.92 Å². The van der Waals surface area contributed by atoms with Crippen LogP contribution in [0.3, 0.4) is 0 Å². The number of amides is 1. The average Bonchev–Trinajstić information content (AvgIpc) is 2.45. The van der Waals surface area contributed by atoms with Gasteiger partial charge in [-0.2, -0.15) is 0 Å². The minimum Gasteiger partial charge on any atom is -0.381 e. The highest BCUT2D eigenvalue weighted by Gasteiger charge is 2.35. The number of hydrogen-bond donors (Lipinski definition) is 2. The van der Waals surface area contributed by atoms with E-state index in [4.69, 9.17) is 22.1 Å². The summed E-state index contributed by atoms with van der Waals surface area (Å²) in [5.41, 5.74) is 6.63. The lowest BCUT2D eigenvalue weighted by Crippen LogP contribution is -2.48.